The van der Waals surface area contributed by atoms with Crippen LogP contribution in [0.25, 0.3) is 22.8 Å². The van der Waals surface area contributed by atoms with E-state index in [0.29, 0.717) is 17.8 Å². The standard InChI is InChI=1S/C46H63F3/c1-11-16-18-32(13-3)27-46(28-33(14-4)19-17-12-2)41-24-34(29(6)7)20-22-37(41)38-23-21-35(25-42(38)46)39(30(8)9)26-40-31(10)43(47)45(49)36(15-5)44(40)48/h20-26,29-30,32-33H,11-19,27-28H2,1-10H3. The molecular formula is C46H63F3. The smallest absolute Gasteiger partial charge is 0.165 e. The summed E-state index contributed by atoms with van der Waals surface area (Å²) >= 11 is 0. The number of hydrogen-bond donors (Lipinski definition) is 0. The van der Waals surface area contributed by atoms with E-state index in [2.05, 4.69) is 91.8 Å². The number of rotatable bonds is 17. The summed E-state index contributed by atoms with van der Waals surface area (Å²) < 4.78 is 45.7. The van der Waals surface area contributed by atoms with Crippen molar-refractivity contribution in [1.29, 1.82) is 0 Å². The van der Waals surface area contributed by atoms with Crippen LogP contribution in [0.1, 0.15) is 171 Å². The average Bonchev–Trinajstić information content (AvgIpc) is 3.35. The van der Waals surface area contributed by atoms with Crippen LogP contribution in [0.4, 0.5) is 13.2 Å². The third kappa shape index (κ3) is 7.92. The van der Waals surface area contributed by atoms with E-state index in [9.17, 15) is 4.39 Å². The zero-order chi connectivity index (χ0) is 36.0. The second-order valence-corrected chi connectivity index (χ2v) is 15.6. The third-order valence-electron chi connectivity index (χ3n) is 11.7. The number of benzene rings is 3. The van der Waals surface area contributed by atoms with Crippen molar-refractivity contribution in [3.63, 3.8) is 0 Å². The minimum absolute atomic E-state index is 0.0258. The maximum absolute atomic E-state index is 15.9. The van der Waals surface area contributed by atoms with Gasteiger partial charge >= 0.3 is 0 Å². The quantitative estimate of drug-likeness (QED) is 0.0989. The van der Waals surface area contributed by atoms with Gasteiger partial charge < -0.3 is 0 Å². The van der Waals surface area contributed by atoms with Gasteiger partial charge in [0.05, 0.1) is 0 Å². The lowest BCUT2D eigenvalue weighted by Gasteiger charge is -2.39. The Labute approximate surface area is 297 Å². The van der Waals surface area contributed by atoms with E-state index in [0.717, 1.165) is 36.8 Å². The molecule has 0 N–H and O–H groups in total. The number of allylic oxidation sites excluding steroid dienone is 1. The number of unbranched alkanes of at least 4 members (excludes halogenated alkanes) is 2. The fourth-order valence-corrected chi connectivity index (χ4v) is 8.51. The monoisotopic (exact) mass is 672 g/mol. The summed E-state index contributed by atoms with van der Waals surface area (Å²) in [7, 11) is 0. The first-order chi connectivity index (χ1) is 23.4. The summed E-state index contributed by atoms with van der Waals surface area (Å²) in [6.07, 6.45) is 13.8. The van der Waals surface area contributed by atoms with Crippen LogP contribution in [-0.4, -0.2) is 0 Å². The summed E-state index contributed by atoms with van der Waals surface area (Å²) in [4.78, 5) is 0. The van der Waals surface area contributed by atoms with Gasteiger partial charge in [0.1, 0.15) is 5.82 Å². The topological polar surface area (TPSA) is 0 Å². The molecule has 0 aromatic heterocycles. The lowest BCUT2D eigenvalue weighted by Crippen LogP contribution is -2.32. The molecule has 2 unspecified atom stereocenters. The van der Waals surface area contributed by atoms with Crippen molar-refractivity contribution < 1.29 is 13.2 Å². The summed E-state index contributed by atoms with van der Waals surface area (Å²) in [5, 5.41) is 0. The zero-order valence-corrected chi connectivity index (χ0v) is 32.3. The Kier molecular flexibility index (Phi) is 13.5. The average molecular weight is 673 g/mol. The van der Waals surface area contributed by atoms with Gasteiger partial charge in [-0.3, -0.25) is 0 Å². The highest BCUT2D eigenvalue weighted by atomic mass is 19.2. The fraction of sp³-hybridized carbons (Fsp3) is 0.565. The fourth-order valence-electron chi connectivity index (χ4n) is 8.51. The molecule has 1 aliphatic carbocycles. The number of fused-ring (bicyclic) bond motifs is 3. The highest BCUT2D eigenvalue weighted by molar-refractivity contribution is 5.88. The first kappa shape index (κ1) is 39.0. The largest absolute Gasteiger partial charge is 0.206 e. The number of halogens is 3. The zero-order valence-electron chi connectivity index (χ0n) is 32.3. The van der Waals surface area contributed by atoms with E-state index in [1.807, 2.05) is 0 Å². The van der Waals surface area contributed by atoms with Crippen molar-refractivity contribution >= 4 is 11.6 Å². The molecule has 3 heteroatoms. The first-order valence-corrected chi connectivity index (χ1v) is 19.6. The van der Waals surface area contributed by atoms with E-state index >= 15 is 8.78 Å². The lowest BCUT2D eigenvalue weighted by atomic mass is 9.64. The molecule has 0 saturated heterocycles. The molecule has 0 bridgehead atoms. The molecule has 0 saturated carbocycles. The van der Waals surface area contributed by atoms with Gasteiger partial charge in [0.2, 0.25) is 0 Å². The van der Waals surface area contributed by atoms with Crippen molar-refractivity contribution in [2.24, 2.45) is 17.8 Å². The summed E-state index contributed by atoms with van der Waals surface area (Å²) in [6, 6.07) is 14.1. The molecular weight excluding hydrogens is 610 g/mol. The van der Waals surface area contributed by atoms with Crippen LogP contribution in [0.5, 0.6) is 0 Å². The summed E-state index contributed by atoms with van der Waals surface area (Å²) in [6.45, 7) is 21.3. The Hall–Kier alpha value is -2.81. The number of hydrogen-bond acceptors (Lipinski definition) is 0. The lowest BCUT2D eigenvalue weighted by molar-refractivity contribution is 0.266. The van der Waals surface area contributed by atoms with E-state index in [1.54, 1.807) is 13.0 Å². The van der Waals surface area contributed by atoms with E-state index < -0.39 is 17.5 Å². The Balaban J connectivity index is 2.03. The van der Waals surface area contributed by atoms with Crippen molar-refractivity contribution in [2.45, 2.75) is 151 Å². The molecule has 0 fully saturated rings. The van der Waals surface area contributed by atoms with Crippen LogP contribution in [0, 0.1) is 42.1 Å². The van der Waals surface area contributed by atoms with Gasteiger partial charge in [-0.2, -0.15) is 0 Å². The predicted octanol–water partition coefficient (Wildman–Crippen LogP) is 14.8. The van der Waals surface area contributed by atoms with E-state index in [4.69, 9.17) is 0 Å². The van der Waals surface area contributed by atoms with Gasteiger partial charge in [0, 0.05) is 16.5 Å². The molecule has 0 radical (unpaired) electrons. The van der Waals surface area contributed by atoms with Crippen LogP contribution in [-0.2, 0) is 11.8 Å². The van der Waals surface area contributed by atoms with E-state index in [1.165, 1.54) is 73.3 Å². The van der Waals surface area contributed by atoms with Crippen LogP contribution in [0.2, 0.25) is 0 Å². The summed E-state index contributed by atoms with van der Waals surface area (Å²) in [5.74, 6) is -0.966. The Morgan fingerprint density at radius 1 is 0.714 bits per heavy atom. The molecule has 1 aliphatic rings. The summed E-state index contributed by atoms with van der Waals surface area (Å²) in [5.41, 5.74) is 8.80. The van der Waals surface area contributed by atoms with Gasteiger partial charge in [-0.1, -0.05) is 144 Å². The molecule has 0 spiro atoms. The van der Waals surface area contributed by atoms with E-state index in [-0.39, 0.29) is 34.4 Å². The second-order valence-electron chi connectivity index (χ2n) is 15.6. The van der Waals surface area contributed by atoms with Crippen molar-refractivity contribution in [1.82, 2.24) is 0 Å². The third-order valence-corrected chi connectivity index (χ3v) is 11.7. The minimum Gasteiger partial charge on any atom is -0.206 e. The molecule has 3 aromatic carbocycles. The maximum Gasteiger partial charge on any atom is 0.165 e. The van der Waals surface area contributed by atoms with Crippen LogP contribution < -0.4 is 0 Å². The van der Waals surface area contributed by atoms with Crippen LogP contribution in [0.15, 0.2) is 36.4 Å². The second kappa shape index (κ2) is 16.9. The molecule has 0 heterocycles. The SMILES string of the molecule is CCCCC(CC)CC1(CC(CC)CCCC)c2cc(C(=Cc3c(C)c(F)c(F)c(CC)c3F)C(C)C)ccc2-c2ccc(C(C)C)cc21. The molecule has 0 nitrogen and oxygen atoms in total. The maximum atomic E-state index is 15.9. The Bertz CT molecular complexity index is 1590. The van der Waals surface area contributed by atoms with Gasteiger partial charge in [0.25, 0.3) is 0 Å². The Morgan fingerprint density at radius 3 is 1.76 bits per heavy atom. The molecule has 3 aromatic rings. The highest BCUT2D eigenvalue weighted by Crippen LogP contribution is 2.57. The molecule has 4 rings (SSSR count). The van der Waals surface area contributed by atoms with Gasteiger partial charge in [-0.05, 0) is 107 Å². The highest BCUT2D eigenvalue weighted by Gasteiger charge is 2.45. The normalized spacial score (nSPS) is 17.2. The minimum atomic E-state index is -1.07. The van der Waals surface area contributed by atoms with Gasteiger partial charge in [-0.25, -0.2) is 13.2 Å². The van der Waals surface area contributed by atoms with Crippen LogP contribution in [0.3, 0.4) is 0 Å². The molecule has 49 heavy (non-hydrogen) atoms. The Morgan fingerprint density at radius 2 is 1.27 bits per heavy atom. The van der Waals surface area contributed by atoms with Crippen LogP contribution >= 0.6 is 0 Å². The first-order valence-electron chi connectivity index (χ1n) is 19.6. The molecule has 0 aliphatic heterocycles. The van der Waals surface area contributed by atoms with Crippen molar-refractivity contribution in [2.75, 3.05) is 0 Å². The molecule has 2 atom stereocenters. The predicted molar refractivity (Wildman–Crippen MR) is 206 cm³/mol. The van der Waals surface area contributed by atoms with Crippen molar-refractivity contribution in [3.05, 3.63) is 92.8 Å². The molecule has 268 valence electrons. The van der Waals surface area contributed by atoms with Gasteiger partial charge in [-0.15, -0.1) is 0 Å². The van der Waals surface area contributed by atoms with Crippen molar-refractivity contribution in [3.8, 4) is 11.1 Å². The van der Waals surface area contributed by atoms with Gasteiger partial charge in [0.15, 0.2) is 11.6 Å². The molecule has 0 amide bonds.